The summed E-state index contributed by atoms with van der Waals surface area (Å²) >= 11 is 0. The van der Waals surface area contributed by atoms with Gasteiger partial charge in [0.1, 0.15) is 0 Å². The largest absolute Gasteiger partial charge is 0.395 e. The van der Waals surface area contributed by atoms with E-state index in [2.05, 4.69) is 41.4 Å². The van der Waals surface area contributed by atoms with Gasteiger partial charge in [0.25, 0.3) is 0 Å². The van der Waals surface area contributed by atoms with E-state index in [1.807, 2.05) is 7.05 Å². The predicted octanol–water partition coefficient (Wildman–Crippen LogP) is 1.66. The number of anilines is 1. The van der Waals surface area contributed by atoms with Crippen LogP contribution in [0.15, 0.2) is 24.3 Å². The second-order valence-corrected chi connectivity index (χ2v) is 5.34. The fraction of sp³-hybridized carbons (Fsp3) is 0.600. The zero-order valence-corrected chi connectivity index (χ0v) is 11.4. The third kappa shape index (κ3) is 3.03. The summed E-state index contributed by atoms with van der Waals surface area (Å²) in [5.74, 6) is 0.710. The minimum absolute atomic E-state index is 0.203. The van der Waals surface area contributed by atoms with Gasteiger partial charge in [-0.25, -0.2) is 0 Å². The molecule has 18 heavy (non-hydrogen) atoms. The van der Waals surface area contributed by atoms with E-state index < -0.39 is 0 Å². The quantitative estimate of drug-likeness (QED) is 0.832. The number of hydrogen-bond donors (Lipinski definition) is 2. The SMILES string of the molecule is CNC(CO)CCN1CC(C)Cc2ccccc21. The molecule has 0 saturated heterocycles. The summed E-state index contributed by atoms with van der Waals surface area (Å²) in [7, 11) is 1.91. The maximum Gasteiger partial charge on any atom is 0.0585 e. The highest BCUT2D eigenvalue weighted by Gasteiger charge is 2.21. The van der Waals surface area contributed by atoms with Crippen LogP contribution in [0.4, 0.5) is 5.69 Å². The first kappa shape index (κ1) is 13.4. The van der Waals surface area contributed by atoms with Crippen LogP contribution < -0.4 is 10.2 Å². The van der Waals surface area contributed by atoms with Crippen molar-refractivity contribution in [3.63, 3.8) is 0 Å². The number of nitrogens with zero attached hydrogens (tertiary/aromatic N) is 1. The van der Waals surface area contributed by atoms with Crippen LogP contribution in [0.25, 0.3) is 0 Å². The van der Waals surface area contributed by atoms with Crippen LogP contribution in [-0.2, 0) is 6.42 Å². The van der Waals surface area contributed by atoms with Gasteiger partial charge in [-0.15, -0.1) is 0 Å². The molecule has 0 saturated carbocycles. The molecule has 1 aromatic rings. The summed E-state index contributed by atoms with van der Waals surface area (Å²) in [5, 5.41) is 12.4. The molecule has 1 aromatic carbocycles. The number of benzene rings is 1. The second kappa shape index (κ2) is 6.21. The summed E-state index contributed by atoms with van der Waals surface area (Å²) in [6.45, 7) is 4.65. The van der Waals surface area contributed by atoms with Gasteiger partial charge in [-0.1, -0.05) is 25.1 Å². The van der Waals surface area contributed by atoms with Crippen molar-refractivity contribution in [1.82, 2.24) is 5.32 Å². The maximum absolute atomic E-state index is 9.22. The zero-order chi connectivity index (χ0) is 13.0. The molecule has 0 spiro atoms. The van der Waals surface area contributed by atoms with E-state index in [-0.39, 0.29) is 12.6 Å². The van der Waals surface area contributed by atoms with Crippen LogP contribution in [-0.4, -0.2) is 37.9 Å². The Morgan fingerprint density at radius 3 is 2.94 bits per heavy atom. The third-order valence-corrected chi connectivity index (χ3v) is 3.81. The molecule has 1 aliphatic heterocycles. The van der Waals surface area contributed by atoms with Gasteiger partial charge in [0.2, 0.25) is 0 Å². The number of para-hydroxylation sites is 1. The molecule has 0 aliphatic carbocycles. The molecule has 2 N–H and O–H groups in total. The highest BCUT2D eigenvalue weighted by Crippen LogP contribution is 2.29. The van der Waals surface area contributed by atoms with E-state index in [0.29, 0.717) is 5.92 Å². The lowest BCUT2D eigenvalue weighted by Crippen LogP contribution is -2.39. The van der Waals surface area contributed by atoms with Crippen LogP contribution in [0.1, 0.15) is 18.9 Å². The number of nitrogens with one attached hydrogen (secondary N) is 1. The van der Waals surface area contributed by atoms with Crippen molar-refractivity contribution >= 4 is 5.69 Å². The Morgan fingerprint density at radius 2 is 2.22 bits per heavy atom. The van der Waals surface area contributed by atoms with Crippen LogP contribution in [0.2, 0.25) is 0 Å². The average molecular weight is 248 g/mol. The lowest BCUT2D eigenvalue weighted by molar-refractivity contribution is 0.242. The molecule has 1 heterocycles. The third-order valence-electron chi connectivity index (χ3n) is 3.81. The van der Waals surface area contributed by atoms with Gasteiger partial charge >= 0.3 is 0 Å². The van der Waals surface area contributed by atoms with E-state index in [1.54, 1.807) is 0 Å². The zero-order valence-electron chi connectivity index (χ0n) is 11.4. The Balaban J connectivity index is 2.04. The summed E-state index contributed by atoms with van der Waals surface area (Å²) in [6, 6.07) is 8.89. The fourth-order valence-corrected chi connectivity index (χ4v) is 2.76. The van der Waals surface area contributed by atoms with Gasteiger partial charge in [0.05, 0.1) is 6.61 Å². The van der Waals surface area contributed by atoms with E-state index in [4.69, 9.17) is 0 Å². The Morgan fingerprint density at radius 1 is 1.44 bits per heavy atom. The molecule has 0 aromatic heterocycles. The van der Waals surface area contributed by atoms with E-state index in [1.165, 1.54) is 17.7 Å². The van der Waals surface area contributed by atoms with Crippen molar-refractivity contribution in [2.24, 2.45) is 5.92 Å². The van der Waals surface area contributed by atoms with Gasteiger partial charge in [0, 0.05) is 24.8 Å². The molecule has 3 nitrogen and oxygen atoms in total. The number of fused-ring (bicyclic) bond motifs is 1. The Labute approximate surface area is 110 Å². The van der Waals surface area contributed by atoms with E-state index in [9.17, 15) is 5.11 Å². The molecule has 0 amide bonds. The summed E-state index contributed by atoms with van der Waals surface area (Å²) < 4.78 is 0. The normalized spacial score (nSPS) is 20.6. The first-order chi connectivity index (χ1) is 8.74. The first-order valence-electron chi connectivity index (χ1n) is 6.85. The van der Waals surface area contributed by atoms with Crippen molar-refractivity contribution < 1.29 is 5.11 Å². The Bertz CT molecular complexity index is 377. The van der Waals surface area contributed by atoms with Crippen LogP contribution in [0.5, 0.6) is 0 Å². The van der Waals surface area contributed by atoms with Crippen molar-refractivity contribution in [1.29, 1.82) is 0 Å². The van der Waals surface area contributed by atoms with Gasteiger partial charge < -0.3 is 15.3 Å². The van der Waals surface area contributed by atoms with Crippen LogP contribution in [0.3, 0.4) is 0 Å². The molecule has 0 fully saturated rings. The molecule has 0 bridgehead atoms. The molecule has 2 rings (SSSR count). The summed E-state index contributed by atoms with van der Waals surface area (Å²) in [4.78, 5) is 2.46. The number of aliphatic hydroxyl groups excluding tert-OH is 1. The molecule has 3 heteroatoms. The average Bonchev–Trinajstić information content (AvgIpc) is 2.39. The molecular formula is C15H24N2O. The lowest BCUT2D eigenvalue weighted by atomic mass is 9.93. The number of likely N-dealkylation sites (N-methyl/N-ethyl adjacent to an activating group) is 1. The molecular weight excluding hydrogens is 224 g/mol. The Kier molecular flexibility index (Phi) is 4.61. The number of rotatable bonds is 5. The molecule has 1 aliphatic rings. The van der Waals surface area contributed by atoms with Gasteiger partial charge in [0.15, 0.2) is 0 Å². The monoisotopic (exact) mass is 248 g/mol. The smallest absolute Gasteiger partial charge is 0.0585 e. The highest BCUT2D eigenvalue weighted by molar-refractivity contribution is 5.55. The lowest BCUT2D eigenvalue weighted by Gasteiger charge is -2.35. The maximum atomic E-state index is 9.22. The van der Waals surface area contributed by atoms with Crippen LogP contribution in [0, 0.1) is 5.92 Å². The topological polar surface area (TPSA) is 35.5 Å². The van der Waals surface area contributed by atoms with Gasteiger partial charge in [-0.05, 0) is 37.4 Å². The number of hydrogen-bond acceptors (Lipinski definition) is 3. The highest BCUT2D eigenvalue weighted by atomic mass is 16.3. The van der Waals surface area contributed by atoms with Gasteiger partial charge in [-0.3, -0.25) is 0 Å². The molecule has 2 atom stereocenters. The Hall–Kier alpha value is -1.06. The van der Waals surface area contributed by atoms with Crippen molar-refractivity contribution in [3.8, 4) is 0 Å². The summed E-state index contributed by atoms with van der Waals surface area (Å²) in [6.07, 6.45) is 2.16. The minimum atomic E-state index is 0.203. The van der Waals surface area contributed by atoms with Crippen molar-refractivity contribution in [2.45, 2.75) is 25.8 Å². The molecule has 2 unspecified atom stereocenters. The standard InChI is InChI=1S/C15H24N2O/c1-12-9-13-5-3-4-6-15(13)17(10-12)8-7-14(11-18)16-2/h3-6,12,14,16,18H,7-11H2,1-2H3. The second-order valence-electron chi connectivity index (χ2n) is 5.34. The number of aliphatic hydroxyl groups is 1. The molecule has 100 valence electrons. The fourth-order valence-electron chi connectivity index (χ4n) is 2.76. The molecule has 0 radical (unpaired) electrons. The summed E-state index contributed by atoms with van der Waals surface area (Å²) in [5.41, 5.74) is 2.84. The van der Waals surface area contributed by atoms with E-state index in [0.717, 1.165) is 19.5 Å². The predicted molar refractivity (Wildman–Crippen MR) is 76.1 cm³/mol. The minimum Gasteiger partial charge on any atom is -0.395 e. The van der Waals surface area contributed by atoms with Crippen molar-refractivity contribution in [3.05, 3.63) is 29.8 Å². The first-order valence-corrected chi connectivity index (χ1v) is 6.85. The van der Waals surface area contributed by atoms with Crippen molar-refractivity contribution in [2.75, 3.05) is 31.6 Å². The van der Waals surface area contributed by atoms with Gasteiger partial charge in [-0.2, -0.15) is 0 Å². The van der Waals surface area contributed by atoms with Crippen LogP contribution >= 0.6 is 0 Å². The van der Waals surface area contributed by atoms with E-state index >= 15 is 0 Å².